The van der Waals surface area contributed by atoms with E-state index >= 15 is 0 Å². The summed E-state index contributed by atoms with van der Waals surface area (Å²) in [4.78, 5) is 16.0. The van der Waals surface area contributed by atoms with Crippen LogP contribution in [0.25, 0.3) is 0 Å². The molecule has 1 amide bonds. The molecule has 3 unspecified atom stereocenters. The van der Waals surface area contributed by atoms with Gasteiger partial charge in [0.15, 0.2) is 0 Å². The van der Waals surface area contributed by atoms with Crippen molar-refractivity contribution in [3.05, 3.63) is 22.4 Å². The maximum absolute atomic E-state index is 12.7. The molecule has 1 N–H and O–H groups in total. The van der Waals surface area contributed by atoms with Crippen molar-refractivity contribution in [2.75, 3.05) is 18.1 Å². The molecular weight excluding hydrogens is 288 g/mol. The Morgan fingerprint density at radius 3 is 2.95 bits per heavy atom. The molecule has 5 heteroatoms. The second-order valence-corrected chi connectivity index (χ2v) is 8.16. The molecular formula is C15H22N2OS2. The van der Waals surface area contributed by atoms with Crippen molar-refractivity contribution in [3.8, 4) is 0 Å². The number of carbonyl (C=O) groups is 1. The summed E-state index contributed by atoms with van der Waals surface area (Å²) < 4.78 is 0. The summed E-state index contributed by atoms with van der Waals surface area (Å²) in [5.41, 5.74) is 0. The number of thioether (sulfide) groups is 1. The van der Waals surface area contributed by atoms with Crippen molar-refractivity contribution in [3.63, 3.8) is 0 Å². The lowest BCUT2D eigenvalue weighted by Gasteiger charge is -2.26. The van der Waals surface area contributed by atoms with Crippen LogP contribution >= 0.6 is 23.1 Å². The second-order valence-electron chi connectivity index (χ2n) is 6.03. The van der Waals surface area contributed by atoms with Gasteiger partial charge in [-0.2, -0.15) is 11.8 Å². The Labute approximate surface area is 129 Å². The van der Waals surface area contributed by atoms with Crippen LogP contribution in [0.2, 0.25) is 0 Å². The van der Waals surface area contributed by atoms with Crippen LogP contribution in [0.15, 0.2) is 17.5 Å². The van der Waals surface area contributed by atoms with Crippen LogP contribution in [0.1, 0.15) is 31.3 Å². The van der Waals surface area contributed by atoms with E-state index in [0.717, 1.165) is 6.54 Å². The smallest absolute Gasteiger partial charge is 0.241 e. The first-order valence-electron chi connectivity index (χ1n) is 7.34. The topological polar surface area (TPSA) is 32.3 Å². The molecule has 1 aromatic rings. The van der Waals surface area contributed by atoms with E-state index in [0.29, 0.717) is 11.8 Å². The van der Waals surface area contributed by atoms with Gasteiger partial charge in [-0.05, 0) is 41.2 Å². The lowest BCUT2D eigenvalue weighted by molar-refractivity contribution is -0.131. The minimum absolute atomic E-state index is 0.0313. The average Bonchev–Trinajstić information content (AvgIpc) is 3.13. The SMILES string of the molecule is CC(C)C1NC(c2cccs2)N(CC2CCSC2)C1=O. The zero-order chi connectivity index (χ0) is 14.1. The summed E-state index contributed by atoms with van der Waals surface area (Å²) in [6.07, 6.45) is 1.33. The van der Waals surface area contributed by atoms with Crippen LogP contribution in [0.4, 0.5) is 0 Å². The minimum atomic E-state index is -0.0313. The fourth-order valence-corrected chi connectivity index (χ4v) is 5.07. The molecule has 0 radical (unpaired) electrons. The van der Waals surface area contributed by atoms with Gasteiger partial charge in [0.25, 0.3) is 0 Å². The van der Waals surface area contributed by atoms with E-state index in [1.165, 1.54) is 22.8 Å². The molecule has 110 valence electrons. The molecule has 0 saturated carbocycles. The van der Waals surface area contributed by atoms with Crippen LogP contribution in [0, 0.1) is 11.8 Å². The van der Waals surface area contributed by atoms with Crippen LogP contribution < -0.4 is 5.32 Å². The molecule has 2 aliphatic rings. The number of rotatable bonds is 4. The Morgan fingerprint density at radius 1 is 1.50 bits per heavy atom. The van der Waals surface area contributed by atoms with Gasteiger partial charge in [0.1, 0.15) is 6.17 Å². The Hall–Kier alpha value is -0.520. The zero-order valence-electron chi connectivity index (χ0n) is 12.0. The van der Waals surface area contributed by atoms with Gasteiger partial charge in [-0.3, -0.25) is 10.1 Å². The Bertz CT molecular complexity index is 454. The van der Waals surface area contributed by atoms with E-state index < -0.39 is 0 Å². The molecule has 0 spiro atoms. The summed E-state index contributed by atoms with van der Waals surface area (Å²) in [5.74, 6) is 3.74. The van der Waals surface area contributed by atoms with Crippen molar-refractivity contribution in [1.29, 1.82) is 0 Å². The number of thiophene rings is 1. The minimum Gasteiger partial charge on any atom is -0.320 e. The molecule has 3 rings (SSSR count). The number of hydrogen-bond donors (Lipinski definition) is 1. The third kappa shape index (κ3) is 2.76. The largest absolute Gasteiger partial charge is 0.320 e. The van der Waals surface area contributed by atoms with E-state index in [1.807, 2.05) is 11.8 Å². The molecule has 2 fully saturated rings. The first kappa shape index (κ1) is 14.4. The molecule has 0 aliphatic carbocycles. The molecule has 2 aliphatic heterocycles. The number of amides is 1. The molecule has 20 heavy (non-hydrogen) atoms. The molecule has 0 bridgehead atoms. The highest BCUT2D eigenvalue weighted by atomic mass is 32.2. The predicted molar refractivity (Wildman–Crippen MR) is 86.0 cm³/mol. The van der Waals surface area contributed by atoms with Gasteiger partial charge < -0.3 is 4.90 Å². The summed E-state index contributed by atoms with van der Waals surface area (Å²) in [6.45, 7) is 5.15. The van der Waals surface area contributed by atoms with E-state index in [1.54, 1.807) is 11.3 Å². The van der Waals surface area contributed by atoms with Crippen molar-refractivity contribution >= 4 is 29.0 Å². The Balaban J connectivity index is 1.80. The van der Waals surface area contributed by atoms with Gasteiger partial charge in [-0.1, -0.05) is 19.9 Å². The van der Waals surface area contributed by atoms with Crippen LogP contribution in [-0.4, -0.2) is 34.9 Å². The normalized spacial score (nSPS) is 30.6. The summed E-state index contributed by atoms with van der Waals surface area (Å²) in [7, 11) is 0. The van der Waals surface area contributed by atoms with Gasteiger partial charge in [0.2, 0.25) is 5.91 Å². The van der Waals surface area contributed by atoms with Gasteiger partial charge in [0, 0.05) is 11.4 Å². The van der Waals surface area contributed by atoms with E-state index in [2.05, 4.69) is 41.6 Å². The third-order valence-corrected chi connectivity index (χ3v) is 6.31. The first-order valence-corrected chi connectivity index (χ1v) is 9.38. The summed E-state index contributed by atoms with van der Waals surface area (Å²) in [6, 6.07) is 4.17. The fourth-order valence-electron chi connectivity index (χ4n) is 3.00. The fraction of sp³-hybridized carbons (Fsp3) is 0.667. The standard InChI is InChI=1S/C15H22N2OS2/c1-10(2)13-15(18)17(8-11-5-7-19-9-11)14(16-13)12-4-3-6-20-12/h3-4,6,10-11,13-14,16H,5,7-9H2,1-2H3. The Kier molecular flexibility index (Phi) is 4.38. The lowest BCUT2D eigenvalue weighted by Crippen LogP contribution is -2.36. The number of carbonyl (C=O) groups excluding carboxylic acids is 1. The van der Waals surface area contributed by atoms with Gasteiger partial charge in [0.05, 0.1) is 6.04 Å². The maximum Gasteiger partial charge on any atom is 0.241 e. The summed E-state index contributed by atoms with van der Waals surface area (Å²) in [5, 5.41) is 5.64. The average molecular weight is 310 g/mol. The highest BCUT2D eigenvalue weighted by molar-refractivity contribution is 7.99. The molecule has 2 saturated heterocycles. The van der Waals surface area contributed by atoms with Crippen molar-refractivity contribution in [2.24, 2.45) is 11.8 Å². The number of nitrogens with one attached hydrogen (secondary N) is 1. The monoisotopic (exact) mass is 310 g/mol. The van der Waals surface area contributed by atoms with Gasteiger partial charge in [-0.15, -0.1) is 11.3 Å². The third-order valence-electron chi connectivity index (χ3n) is 4.16. The van der Waals surface area contributed by atoms with Crippen molar-refractivity contribution in [1.82, 2.24) is 10.2 Å². The predicted octanol–water partition coefficient (Wildman–Crippen LogP) is 2.96. The van der Waals surface area contributed by atoms with E-state index in [9.17, 15) is 4.79 Å². The van der Waals surface area contributed by atoms with Crippen molar-refractivity contribution < 1.29 is 4.79 Å². The van der Waals surface area contributed by atoms with Crippen LogP contribution in [-0.2, 0) is 4.79 Å². The molecule has 3 nitrogen and oxygen atoms in total. The zero-order valence-corrected chi connectivity index (χ0v) is 13.7. The second kappa shape index (κ2) is 6.08. The van der Waals surface area contributed by atoms with E-state index in [-0.39, 0.29) is 18.1 Å². The molecule has 3 heterocycles. The number of hydrogen-bond acceptors (Lipinski definition) is 4. The lowest BCUT2D eigenvalue weighted by atomic mass is 10.0. The molecule has 1 aromatic heterocycles. The highest BCUT2D eigenvalue weighted by Crippen LogP contribution is 2.33. The quantitative estimate of drug-likeness (QED) is 0.928. The molecule has 0 aromatic carbocycles. The molecule has 3 atom stereocenters. The van der Waals surface area contributed by atoms with E-state index in [4.69, 9.17) is 0 Å². The number of nitrogens with zero attached hydrogens (tertiary/aromatic N) is 1. The van der Waals surface area contributed by atoms with Gasteiger partial charge >= 0.3 is 0 Å². The van der Waals surface area contributed by atoms with Crippen LogP contribution in [0.3, 0.4) is 0 Å². The first-order chi connectivity index (χ1) is 9.66. The van der Waals surface area contributed by atoms with Crippen molar-refractivity contribution in [2.45, 2.75) is 32.5 Å². The highest BCUT2D eigenvalue weighted by Gasteiger charge is 2.42. The Morgan fingerprint density at radius 2 is 2.35 bits per heavy atom. The van der Waals surface area contributed by atoms with Gasteiger partial charge in [-0.25, -0.2) is 0 Å². The maximum atomic E-state index is 12.7. The summed E-state index contributed by atoms with van der Waals surface area (Å²) >= 11 is 3.75. The van der Waals surface area contributed by atoms with Crippen LogP contribution in [0.5, 0.6) is 0 Å².